The molecule has 2 aliphatic rings. The van der Waals surface area contributed by atoms with Crippen molar-refractivity contribution in [3.63, 3.8) is 0 Å². The number of likely N-dealkylation sites (tertiary alicyclic amines) is 1. The quantitative estimate of drug-likeness (QED) is 0.759. The summed E-state index contributed by atoms with van der Waals surface area (Å²) in [5.74, 6) is -0.302. The maximum absolute atomic E-state index is 12.6. The molecule has 2 aliphatic heterocycles. The monoisotopic (exact) mass is 428 g/mol. The maximum atomic E-state index is 12.6. The second-order valence-electron chi connectivity index (χ2n) is 7.96. The van der Waals surface area contributed by atoms with Crippen LogP contribution in [0.15, 0.2) is 29.6 Å². The average Bonchev–Trinajstić information content (AvgIpc) is 3.23. The van der Waals surface area contributed by atoms with Gasteiger partial charge in [0.1, 0.15) is 5.01 Å². The molecule has 0 unspecified atom stereocenters. The number of hydrogen-bond acceptors (Lipinski definition) is 6. The molecule has 2 amide bonds. The smallest absolute Gasteiger partial charge is 0.228 e. The number of carbonyl (C=O) groups excluding carboxylic acids is 2. The molecule has 0 aliphatic carbocycles. The summed E-state index contributed by atoms with van der Waals surface area (Å²) >= 11 is 1.57. The molecule has 0 radical (unpaired) electrons. The van der Waals surface area contributed by atoms with E-state index < -0.39 is 0 Å². The summed E-state index contributed by atoms with van der Waals surface area (Å²) in [6, 6.07) is 8.52. The number of carbonyl (C=O) groups is 2. The molecule has 2 aromatic rings. The van der Waals surface area contributed by atoms with Crippen LogP contribution in [0.5, 0.6) is 0 Å². The van der Waals surface area contributed by atoms with Crippen molar-refractivity contribution in [3.05, 3.63) is 40.9 Å². The van der Waals surface area contributed by atoms with E-state index in [0.717, 1.165) is 49.1 Å². The predicted molar refractivity (Wildman–Crippen MR) is 116 cm³/mol. The van der Waals surface area contributed by atoms with Gasteiger partial charge in [-0.25, -0.2) is 4.98 Å². The molecule has 2 fully saturated rings. The number of benzene rings is 1. The Morgan fingerprint density at radius 3 is 2.47 bits per heavy atom. The van der Waals surface area contributed by atoms with Gasteiger partial charge in [0.2, 0.25) is 11.8 Å². The van der Waals surface area contributed by atoms with Crippen LogP contribution in [0.25, 0.3) is 10.6 Å². The third-order valence-electron chi connectivity index (χ3n) is 5.84. The Bertz CT molecular complexity index is 869. The lowest BCUT2D eigenvalue weighted by molar-refractivity contribution is -0.134. The van der Waals surface area contributed by atoms with Crippen LogP contribution in [0.1, 0.15) is 24.1 Å². The summed E-state index contributed by atoms with van der Waals surface area (Å²) in [6.07, 6.45) is 1.60. The summed E-state index contributed by atoms with van der Waals surface area (Å²) in [6.45, 7) is 5.69. The van der Waals surface area contributed by atoms with Gasteiger partial charge in [-0.05, 0) is 18.4 Å². The standard InChI is InChI=1S/C22H28N4O3S/c23-21(28)17-5-7-26(8-6-17)20(27)13-19-15-30-22(24-19)18-3-1-16(2-4-18)14-25-9-11-29-12-10-25/h1-4,15,17H,5-14H2,(H2,23,28). The SMILES string of the molecule is NC(=O)C1CCN(C(=O)Cc2csc(-c3ccc(CN4CCOCC4)cc3)n2)CC1. The second kappa shape index (κ2) is 9.68. The van der Waals surface area contributed by atoms with Crippen molar-refractivity contribution >= 4 is 23.2 Å². The van der Waals surface area contributed by atoms with Crippen LogP contribution in [0.2, 0.25) is 0 Å². The summed E-state index contributed by atoms with van der Waals surface area (Å²) in [4.78, 5) is 32.8. The Morgan fingerprint density at radius 1 is 1.10 bits per heavy atom. The lowest BCUT2D eigenvalue weighted by Gasteiger charge is -2.30. The number of aromatic nitrogens is 1. The number of piperidine rings is 1. The van der Waals surface area contributed by atoms with Crippen LogP contribution < -0.4 is 5.73 Å². The molecule has 0 bridgehead atoms. The van der Waals surface area contributed by atoms with Gasteiger partial charge in [0.15, 0.2) is 0 Å². The van der Waals surface area contributed by atoms with Crippen LogP contribution in [0.4, 0.5) is 0 Å². The lowest BCUT2D eigenvalue weighted by atomic mass is 9.96. The molecule has 2 N–H and O–H groups in total. The Morgan fingerprint density at radius 2 is 1.80 bits per heavy atom. The Balaban J connectivity index is 1.31. The highest BCUT2D eigenvalue weighted by Gasteiger charge is 2.26. The van der Waals surface area contributed by atoms with Crippen LogP contribution in [-0.2, 0) is 27.3 Å². The van der Waals surface area contributed by atoms with Gasteiger partial charge in [-0.2, -0.15) is 0 Å². The summed E-state index contributed by atoms with van der Waals surface area (Å²) < 4.78 is 5.40. The highest BCUT2D eigenvalue weighted by Crippen LogP contribution is 2.25. The molecule has 160 valence electrons. The van der Waals surface area contributed by atoms with Crippen LogP contribution in [0, 0.1) is 5.92 Å². The zero-order valence-corrected chi connectivity index (χ0v) is 17.9. The number of thiazole rings is 1. The van der Waals surface area contributed by atoms with Crippen molar-refractivity contribution in [2.45, 2.75) is 25.8 Å². The fraction of sp³-hybridized carbons (Fsp3) is 0.500. The van der Waals surface area contributed by atoms with Gasteiger partial charge >= 0.3 is 0 Å². The van der Waals surface area contributed by atoms with Crippen molar-refractivity contribution in [3.8, 4) is 10.6 Å². The van der Waals surface area contributed by atoms with Crippen LogP contribution in [-0.4, -0.2) is 66.0 Å². The number of rotatable bonds is 6. The minimum absolute atomic E-state index is 0.0654. The first-order valence-electron chi connectivity index (χ1n) is 10.5. The average molecular weight is 429 g/mol. The third-order valence-corrected chi connectivity index (χ3v) is 6.79. The van der Waals surface area contributed by atoms with Crippen molar-refractivity contribution in [1.82, 2.24) is 14.8 Å². The topological polar surface area (TPSA) is 88.8 Å². The van der Waals surface area contributed by atoms with E-state index in [2.05, 4.69) is 34.1 Å². The first-order chi connectivity index (χ1) is 14.6. The molecule has 2 saturated heterocycles. The molecule has 0 spiro atoms. The van der Waals surface area contributed by atoms with Gasteiger partial charge in [-0.1, -0.05) is 24.3 Å². The van der Waals surface area contributed by atoms with Gasteiger partial charge in [0, 0.05) is 49.6 Å². The van der Waals surface area contributed by atoms with E-state index in [0.29, 0.717) is 32.4 Å². The van der Waals surface area contributed by atoms with E-state index in [1.54, 1.807) is 11.3 Å². The largest absolute Gasteiger partial charge is 0.379 e. The highest BCUT2D eigenvalue weighted by molar-refractivity contribution is 7.13. The molecule has 8 heteroatoms. The Kier molecular flexibility index (Phi) is 6.76. The summed E-state index contributed by atoms with van der Waals surface area (Å²) in [5.41, 5.74) is 8.53. The number of nitrogens with zero attached hydrogens (tertiary/aromatic N) is 3. The normalized spacial score (nSPS) is 18.5. The van der Waals surface area contributed by atoms with E-state index >= 15 is 0 Å². The Labute approximate surface area is 180 Å². The number of ether oxygens (including phenoxy) is 1. The van der Waals surface area contributed by atoms with Gasteiger partial charge in [-0.15, -0.1) is 11.3 Å². The van der Waals surface area contributed by atoms with E-state index in [1.165, 1.54) is 5.56 Å². The van der Waals surface area contributed by atoms with Gasteiger partial charge in [0.25, 0.3) is 0 Å². The van der Waals surface area contributed by atoms with Gasteiger partial charge in [0.05, 0.1) is 25.3 Å². The second-order valence-corrected chi connectivity index (χ2v) is 8.82. The minimum atomic E-state index is -0.262. The van der Waals surface area contributed by atoms with Gasteiger partial charge < -0.3 is 15.4 Å². The molecule has 1 aromatic carbocycles. The maximum Gasteiger partial charge on any atom is 0.228 e. The molecule has 3 heterocycles. The van der Waals surface area contributed by atoms with Crippen LogP contribution >= 0.6 is 11.3 Å². The zero-order valence-electron chi connectivity index (χ0n) is 17.1. The number of amides is 2. The molecule has 30 heavy (non-hydrogen) atoms. The molecular formula is C22H28N4O3S. The predicted octanol–water partition coefficient (Wildman–Crippen LogP) is 1.91. The first-order valence-corrected chi connectivity index (χ1v) is 11.4. The van der Waals surface area contributed by atoms with E-state index in [9.17, 15) is 9.59 Å². The fourth-order valence-corrected chi connectivity index (χ4v) is 4.80. The van der Waals surface area contributed by atoms with E-state index in [4.69, 9.17) is 10.5 Å². The number of hydrogen-bond donors (Lipinski definition) is 1. The lowest BCUT2D eigenvalue weighted by Crippen LogP contribution is -2.42. The van der Waals surface area contributed by atoms with Crippen LogP contribution in [0.3, 0.4) is 0 Å². The van der Waals surface area contributed by atoms with Crippen molar-refractivity contribution in [2.24, 2.45) is 11.7 Å². The number of morpholine rings is 1. The zero-order chi connectivity index (χ0) is 20.9. The van der Waals surface area contributed by atoms with Crippen molar-refractivity contribution < 1.29 is 14.3 Å². The minimum Gasteiger partial charge on any atom is -0.379 e. The third kappa shape index (κ3) is 5.24. The fourth-order valence-electron chi connectivity index (χ4n) is 3.97. The highest BCUT2D eigenvalue weighted by atomic mass is 32.1. The molecule has 4 rings (SSSR count). The van der Waals surface area contributed by atoms with Crippen molar-refractivity contribution in [2.75, 3.05) is 39.4 Å². The molecule has 1 aromatic heterocycles. The number of nitrogens with two attached hydrogens (primary N) is 1. The van der Waals surface area contributed by atoms with Gasteiger partial charge in [-0.3, -0.25) is 14.5 Å². The molecule has 7 nitrogen and oxygen atoms in total. The molecule has 0 atom stereocenters. The molecule has 0 saturated carbocycles. The summed E-state index contributed by atoms with van der Waals surface area (Å²) in [7, 11) is 0. The molecular weight excluding hydrogens is 400 g/mol. The van der Waals surface area contributed by atoms with E-state index in [-0.39, 0.29) is 17.7 Å². The first kappa shape index (κ1) is 21.0. The van der Waals surface area contributed by atoms with Crippen molar-refractivity contribution in [1.29, 1.82) is 0 Å². The van der Waals surface area contributed by atoms with E-state index in [1.807, 2.05) is 10.3 Å². The Hall–Kier alpha value is -2.29. The summed E-state index contributed by atoms with van der Waals surface area (Å²) in [5, 5.41) is 2.90. The number of primary amides is 1.